The van der Waals surface area contributed by atoms with Crippen LogP contribution in [0.3, 0.4) is 0 Å². The number of halogens is 1. The van der Waals surface area contributed by atoms with E-state index in [1.165, 1.54) is 18.2 Å². The van der Waals surface area contributed by atoms with Gasteiger partial charge >= 0.3 is 0 Å². The summed E-state index contributed by atoms with van der Waals surface area (Å²) in [6, 6.07) is 4.22. The SMILES string of the molecule is CN(CC1CCOCC1)C(=O)c1cc([N+](=O)[O-])ccc1Br. The minimum absolute atomic E-state index is 0.0824. The molecule has 1 aliphatic heterocycles. The van der Waals surface area contributed by atoms with E-state index in [1.54, 1.807) is 11.9 Å². The third-order valence-corrected chi connectivity index (χ3v) is 4.30. The third kappa shape index (κ3) is 4.01. The second-order valence-corrected chi connectivity index (χ2v) is 6.02. The lowest BCUT2D eigenvalue weighted by Gasteiger charge is -2.27. The van der Waals surface area contributed by atoms with Gasteiger partial charge in [0.25, 0.3) is 11.6 Å². The van der Waals surface area contributed by atoms with Gasteiger partial charge in [-0.15, -0.1) is 0 Å². The summed E-state index contributed by atoms with van der Waals surface area (Å²) in [7, 11) is 1.73. The fourth-order valence-electron chi connectivity index (χ4n) is 2.40. The van der Waals surface area contributed by atoms with E-state index in [0.29, 0.717) is 22.5 Å². The number of hydrogen-bond donors (Lipinski definition) is 0. The van der Waals surface area contributed by atoms with E-state index in [9.17, 15) is 14.9 Å². The molecule has 7 heteroatoms. The molecule has 1 aliphatic rings. The summed E-state index contributed by atoms with van der Waals surface area (Å²) >= 11 is 3.28. The van der Waals surface area contributed by atoms with Crippen molar-refractivity contribution in [3.05, 3.63) is 38.3 Å². The number of carbonyl (C=O) groups is 1. The highest BCUT2D eigenvalue weighted by atomic mass is 79.9. The van der Waals surface area contributed by atoms with Crippen LogP contribution in [-0.2, 0) is 4.74 Å². The second kappa shape index (κ2) is 7.00. The molecule has 2 rings (SSSR count). The zero-order valence-corrected chi connectivity index (χ0v) is 13.3. The first-order valence-corrected chi connectivity index (χ1v) is 7.55. The highest BCUT2D eigenvalue weighted by Gasteiger charge is 2.22. The topological polar surface area (TPSA) is 72.7 Å². The van der Waals surface area contributed by atoms with Crippen molar-refractivity contribution in [3.63, 3.8) is 0 Å². The summed E-state index contributed by atoms with van der Waals surface area (Å²) in [5, 5.41) is 10.8. The molecule has 0 aromatic heterocycles. The van der Waals surface area contributed by atoms with E-state index in [1.807, 2.05) is 0 Å². The monoisotopic (exact) mass is 356 g/mol. The number of benzene rings is 1. The van der Waals surface area contributed by atoms with Crippen molar-refractivity contribution in [1.29, 1.82) is 0 Å². The Balaban J connectivity index is 2.10. The molecular formula is C14H17BrN2O4. The Bertz CT molecular complexity index is 544. The fraction of sp³-hybridized carbons (Fsp3) is 0.500. The first-order valence-electron chi connectivity index (χ1n) is 6.76. The molecule has 21 heavy (non-hydrogen) atoms. The molecule has 6 nitrogen and oxygen atoms in total. The predicted molar refractivity (Wildman–Crippen MR) is 81.3 cm³/mol. The first-order chi connectivity index (χ1) is 9.99. The van der Waals surface area contributed by atoms with Crippen LogP contribution in [0.2, 0.25) is 0 Å². The molecule has 114 valence electrons. The van der Waals surface area contributed by atoms with Gasteiger partial charge in [-0.3, -0.25) is 14.9 Å². The van der Waals surface area contributed by atoms with E-state index in [2.05, 4.69) is 15.9 Å². The minimum Gasteiger partial charge on any atom is -0.381 e. The molecule has 0 N–H and O–H groups in total. The van der Waals surface area contributed by atoms with Crippen molar-refractivity contribution >= 4 is 27.5 Å². The number of amides is 1. The summed E-state index contributed by atoms with van der Waals surface area (Å²) in [6.45, 7) is 2.09. The molecule has 0 aliphatic carbocycles. The average molecular weight is 357 g/mol. The van der Waals surface area contributed by atoms with Crippen molar-refractivity contribution in [2.24, 2.45) is 5.92 Å². The molecule has 0 spiro atoms. The van der Waals surface area contributed by atoms with Crippen molar-refractivity contribution in [2.75, 3.05) is 26.8 Å². The van der Waals surface area contributed by atoms with Crippen molar-refractivity contribution < 1.29 is 14.5 Å². The van der Waals surface area contributed by atoms with Crippen molar-refractivity contribution in [2.45, 2.75) is 12.8 Å². The predicted octanol–water partition coefficient (Wildman–Crippen LogP) is 2.86. The Kier molecular flexibility index (Phi) is 5.30. The van der Waals surface area contributed by atoms with Crippen LogP contribution >= 0.6 is 15.9 Å². The number of rotatable bonds is 4. The van der Waals surface area contributed by atoms with Crippen LogP contribution in [0.1, 0.15) is 23.2 Å². The molecule has 0 atom stereocenters. The number of nitro groups is 1. The van der Waals surface area contributed by atoms with Crippen molar-refractivity contribution in [3.8, 4) is 0 Å². The summed E-state index contributed by atoms with van der Waals surface area (Å²) < 4.78 is 5.87. The van der Waals surface area contributed by atoms with Gasteiger partial charge in [-0.1, -0.05) is 0 Å². The maximum absolute atomic E-state index is 12.5. The van der Waals surface area contributed by atoms with Gasteiger partial charge in [-0.2, -0.15) is 0 Å². The molecule has 1 fully saturated rings. The largest absolute Gasteiger partial charge is 0.381 e. The van der Waals surface area contributed by atoms with Gasteiger partial charge in [-0.25, -0.2) is 0 Å². The third-order valence-electron chi connectivity index (χ3n) is 3.61. The molecule has 0 radical (unpaired) electrons. The number of nitrogens with zero attached hydrogens (tertiary/aromatic N) is 2. The zero-order chi connectivity index (χ0) is 15.4. The molecule has 1 aromatic rings. The Morgan fingerprint density at radius 2 is 2.14 bits per heavy atom. The molecule has 1 aromatic carbocycles. The molecular weight excluding hydrogens is 340 g/mol. The molecule has 1 saturated heterocycles. The normalized spacial score (nSPS) is 15.7. The van der Waals surface area contributed by atoms with E-state index in [4.69, 9.17) is 4.74 Å². The van der Waals surface area contributed by atoms with Gasteiger partial charge in [0.1, 0.15) is 0 Å². The highest BCUT2D eigenvalue weighted by molar-refractivity contribution is 9.10. The van der Waals surface area contributed by atoms with Crippen LogP contribution in [0.5, 0.6) is 0 Å². The van der Waals surface area contributed by atoms with Crippen LogP contribution in [0.15, 0.2) is 22.7 Å². The van der Waals surface area contributed by atoms with Gasteiger partial charge in [-0.05, 0) is 40.8 Å². The molecule has 1 heterocycles. The van der Waals surface area contributed by atoms with Crippen LogP contribution in [-0.4, -0.2) is 42.5 Å². The number of nitro benzene ring substituents is 1. The molecule has 0 bridgehead atoms. The minimum atomic E-state index is -0.498. The number of hydrogen-bond acceptors (Lipinski definition) is 4. The fourth-order valence-corrected chi connectivity index (χ4v) is 2.81. The van der Waals surface area contributed by atoms with E-state index in [-0.39, 0.29) is 11.6 Å². The quantitative estimate of drug-likeness (QED) is 0.614. The second-order valence-electron chi connectivity index (χ2n) is 5.16. The molecule has 0 unspecified atom stereocenters. The standard InChI is InChI=1S/C14H17BrN2O4/c1-16(9-10-4-6-21-7-5-10)14(18)12-8-11(17(19)20)2-3-13(12)15/h2-3,8,10H,4-7,9H2,1H3. The van der Waals surface area contributed by atoms with Crippen LogP contribution in [0.25, 0.3) is 0 Å². The first kappa shape index (κ1) is 15.9. The number of carbonyl (C=O) groups excluding carboxylic acids is 1. The molecule has 0 saturated carbocycles. The Hall–Kier alpha value is -1.47. The lowest BCUT2D eigenvalue weighted by molar-refractivity contribution is -0.384. The smallest absolute Gasteiger partial charge is 0.270 e. The van der Waals surface area contributed by atoms with Crippen molar-refractivity contribution in [1.82, 2.24) is 4.90 Å². The average Bonchev–Trinajstić information content (AvgIpc) is 2.47. The number of ether oxygens (including phenoxy) is 1. The Morgan fingerprint density at radius 3 is 2.76 bits per heavy atom. The van der Waals surface area contributed by atoms with Crippen LogP contribution in [0.4, 0.5) is 5.69 Å². The highest BCUT2D eigenvalue weighted by Crippen LogP contribution is 2.24. The van der Waals surface area contributed by atoms with E-state index < -0.39 is 4.92 Å². The lowest BCUT2D eigenvalue weighted by atomic mass is 9.99. The van der Waals surface area contributed by atoms with Gasteiger partial charge < -0.3 is 9.64 Å². The van der Waals surface area contributed by atoms with Gasteiger partial charge in [0.05, 0.1) is 10.5 Å². The van der Waals surface area contributed by atoms with Gasteiger partial charge in [0.2, 0.25) is 0 Å². The van der Waals surface area contributed by atoms with E-state index in [0.717, 1.165) is 26.1 Å². The zero-order valence-electron chi connectivity index (χ0n) is 11.8. The van der Waals surface area contributed by atoms with Crippen LogP contribution < -0.4 is 0 Å². The maximum Gasteiger partial charge on any atom is 0.270 e. The van der Waals surface area contributed by atoms with Crippen LogP contribution in [0, 0.1) is 16.0 Å². The van der Waals surface area contributed by atoms with Gasteiger partial charge in [0, 0.05) is 43.4 Å². The van der Waals surface area contributed by atoms with Gasteiger partial charge in [0.15, 0.2) is 0 Å². The maximum atomic E-state index is 12.5. The lowest BCUT2D eigenvalue weighted by Crippen LogP contribution is -2.34. The summed E-state index contributed by atoms with van der Waals surface area (Å²) in [4.78, 5) is 24.4. The number of non-ortho nitro benzene ring substituents is 1. The van der Waals surface area contributed by atoms with E-state index >= 15 is 0 Å². The Morgan fingerprint density at radius 1 is 1.48 bits per heavy atom. The Labute approximate surface area is 131 Å². The summed E-state index contributed by atoms with van der Waals surface area (Å²) in [6.07, 6.45) is 1.88. The molecule has 1 amide bonds. The summed E-state index contributed by atoms with van der Waals surface area (Å²) in [5.74, 6) is 0.210. The summed E-state index contributed by atoms with van der Waals surface area (Å²) in [5.41, 5.74) is 0.236.